The Morgan fingerprint density at radius 3 is 1.55 bits per heavy atom. The zero-order chi connectivity index (χ0) is 14.3. The molecule has 0 unspecified atom stereocenters. The summed E-state index contributed by atoms with van der Waals surface area (Å²) in [7, 11) is 0. The maximum Gasteiger partial charge on any atom is 0.0549 e. The van der Waals surface area contributed by atoms with Crippen molar-refractivity contribution in [2.24, 2.45) is 0 Å². The van der Waals surface area contributed by atoms with Crippen molar-refractivity contribution in [3.05, 3.63) is 47.2 Å². The van der Waals surface area contributed by atoms with Gasteiger partial charge in [-0.05, 0) is 33.7 Å². The van der Waals surface area contributed by atoms with Crippen LogP contribution in [0.25, 0.3) is 49.7 Å². The van der Waals surface area contributed by atoms with E-state index in [-0.39, 0.29) is 0 Å². The van der Waals surface area contributed by atoms with E-state index < -0.39 is 0 Å². The minimum atomic E-state index is 1.41. The van der Waals surface area contributed by atoms with E-state index in [0.29, 0.717) is 0 Å². The minimum absolute atomic E-state index is 1.41. The smallest absolute Gasteiger partial charge is 0.0549 e. The van der Waals surface area contributed by atoms with E-state index in [2.05, 4.69) is 47.2 Å². The summed E-state index contributed by atoms with van der Waals surface area (Å²) < 4.78 is 8.71. The van der Waals surface area contributed by atoms with Gasteiger partial charge in [0.05, 0.1) is 18.8 Å². The molecule has 4 heterocycles. The Hall–Kier alpha value is -1.46. The van der Waals surface area contributed by atoms with Gasteiger partial charge in [-0.3, -0.25) is 0 Å². The summed E-state index contributed by atoms with van der Waals surface area (Å²) in [6.07, 6.45) is 0. The van der Waals surface area contributed by atoms with Crippen LogP contribution in [0, 0.1) is 0 Å². The highest BCUT2D eigenvalue weighted by Gasteiger charge is 2.18. The SMILES string of the molecule is c1ccc2c(c1)c1c3sccc3sc1c1sc3ccsc3c21. The number of hydrogen-bond acceptors (Lipinski definition) is 4. The van der Waals surface area contributed by atoms with E-state index in [4.69, 9.17) is 0 Å². The molecule has 0 bridgehead atoms. The molecule has 0 aliphatic heterocycles. The van der Waals surface area contributed by atoms with Crippen molar-refractivity contribution >= 4 is 95.1 Å². The van der Waals surface area contributed by atoms with Crippen molar-refractivity contribution in [2.75, 3.05) is 0 Å². The molecule has 0 radical (unpaired) electrons. The third-order valence-corrected chi connectivity index (χ3v) is 8.86. The summed E-state index contributed by atoms with van der Waals surface area (Å²) in [5.41, 5.74) is 0. The molecule has 0 fully saturated rings. The largest absolute Gasteiger partial charge is 0.142 e. The van der Waals surface area contributed by atoms with Gasteiger partial charge in [-0.1, -0.05) is 24.3 Å². The summed E-state index contributed by atoms with van der Waals surface area (Å²) in [4.78, 5) is 0. The fourth-order valence-corrected chi connectivity index (χ4v) is 8.29. The van der Waals surface area contributed by atoms with Crippen LogP contribution in [0.3, 0.4) is 0 Å². The van der Waals surface area contributed by atoms with Crippen LogP contribution in [0.5, 0.6) is 0 Å². The van der Waals surface area contributed by atoms with Crippen molar-refractivity contribution in [1.82, 2.24) is 0 Å². The minimum Gasteiger partial charge on any atom is -0.142 e. The average Bonchev–Trinajstić information content (AvgIpc) is 3.25. The van der Waals surface area contributed by atoms with Gasteiger partial charge < -0.3 is 0 Å². The monoisotopic (exact) mass is 352 g/mol. The highest BCUT2D eigenvalue weighted by atomic mass is 32.1. The summed E-state index contributed by atoms with van der Waals surface area (Å²) in [5, 5.41) is 10.2. The van der Waals surface area contributed by atoms with Gasteiger partial charge in [0.1, 0.15) is 0 Å². The second-order valence-electron chi connectivity index (χ2n) is 5.39. The highest BCUT2D eigenvalue weighted by Crippen LogP contribution is 2.50. The quantitative estimate of drug-likeness (QED) is 0.263. The van der Waals surface area contributed by atoms with E-state index in [1.54, 1.807) is 0 Å². The topological polar surface area (TPSA) is 0 Å². The van der Waals surface area contributed by atoms with Gasteiger partial charge in [-0.15, -0.1) is 45.3 Å². The molecule has 0 amide bonds. The Morgan fingerprint density at radius 2 is 1.05 bits per heavy atom. The Morgan fingerprint density at radius 1 is 0.545 bits per heavy atom. The molecule has 0 atom stereocenters. The van der Waals surface area contributed by atoms with Gasteiger partial charge in [-0.25, -0.2) is 0 Å². The lowest BCUT2D eigenvalue weighted by Gasteiger charge is -2.03. The number of rotatable bonds is 0. The first-order valence-corrected chi connectivity index (χ1v) is 10.4. The molecule has 0 saturated heterocycles. The summed E-state index contributed by atoms with van der Waals surface area (Å²) in [5.74, 6) is 0. The second-order valence-corrected chi connectivity index (χ2v) is 9.32. The summed E-state index contributed by atoms with van der Waals surface area (Å²) in [6, 6.07) is 13.5. The molecule has 104 valence electrons. The van der Waals surface area contributed by atoms with Gasteiger partial charge >= 0.3 is 0 Å². The fraction of sp³-hybridized carbons (Fsp3) is 0. The maximum absolute atomic E-state index is 2.29. The second kappa shape index (κ2) is 4.09. The first kappa shape index (κ1) is 12.0. The standard InChI is InChI=1S/C18H8S4/c1-2-4-10-9(3-1)13-15-11(5-7-19-15)21-17(13)18-14(10)16-12(22-18)6-8-20-16/h1-8H. The summed E-state index contributed by atoms with van der Waals surface area (Å²) >= 11 is 7.66. The van der Waals surface area contributed by atoms with Crippen LogP contribution in [0.4, 0.5) is 0 Å². The van der Waals surface area contributed by atoms with Gasteiger partial charge in [-0.2, -0.15) is 0 Å². The number of benzene rings is 2. The van der Waals surface area contributed by atoms with Crippen LogP contribution in [0.1, 0.15) is 0 Å². The predicted molar refractivity (Wildman–Crippen MR) is 105 cm³/mol. The first-order valence-electron chi connectivity index (χ1n) is 7.02. The molecule has 4 heteroatoms. The van der Waals surface area contributed by atoms with E-state index >= 15 is 0 Å². The summed E-state index contributed by atoms with van der Waals surface area (Å²) in [6.45, 7) is 0. The molecule has 0 saturated carbocycles. The van der Waals surface area contributed by atoms with Crippen molar-refractivity contribution in [3.63, 3.8) is 0 Å². The molecule has 0 nitrogen and oxygen atoms in total. The Bertz CT molecular complexity index is 1200. The molecular weight excluding hydrogens is 344 g/mol. The molecule has 0 aliphatic rings. The van der Waals surface area contributed by atoms with E-state index in [1.165, 1.54) is 49.7 Å². The zero-order valence-electron chi connectivity index (χ0n) is 11.3. The van der Waals surface area contributed by atoms with Crippen LogP contribution in [-0.2, 0) is 0 Å². The Kier molecular flexibility index (Phi) is 2.23. The Balaban J connectivity index is 2.11. The van der Waals surface area contributed by atoms with Crippen molar-refractivity contribution in [3.8, 4) is 0 Å². The average molecular weight is 353 g/mol. The normalized spacial score (nSPS) is 12.5. The molecule has 22 heavy (non-hydrogen) atoms. The maximum atomic E-state index is 2.29. The zero-order valence-corrected chi connectivity index (χ0v) is 14.5. The molecule has 0 aliphatic carbocycles. The van der Waals surface area contributed by atoms with E-state index in [1.807, 2.05) is 45.3 Å². The third-order valence-electron chi connectivity index (χ3n) is 4.26. The van der Waals surface area contributed by atoms with Crippen molar-refractivity contribution < 1.29 is 0 Å². The Labute approximate surface area is 141 Å². The predicted octanol–water partition coefficient (Wildman–Crippen LogP) is 7.70. The van der Waals surface area contributed by atoms with Gasteiger partial charge in [0, 0.05) is 20.2 Å². The van der Waals surface area contributed by atoms with Crippen molar-refractivity contribution in [1.29, 1.82) is 0 Å². The molecule has 0 N–H and O–H groups in total. The third kappa shape index (κ3) is 1.33. The van der Waals surface area contributed by atoms with E-state index in [0.717, 1.165) is 0 Å². The van der Waals surface area contributed by atoms with Crippen molar-refractivity contribution in [2.45, 2.75) is 0 Å². The van der Waals surface area contributed by atoms with Crippen LogP contribution >= 0.6 is 45.3 Å². The highest BCUT2D eigenvalue weighted by molar-refractivity contribution is 7.38. The molecular formula is C18H8S4. The van der Waals surface area contributed by atoms with E-state index in [9.17, 15) is 0 Å². The molecule has 6 rings (SSSR count). The lowest BCUT2D eigenvalue weighted by atomic mass is 10.0. The van der Waals surface area contributed by atoms with Gasteiger partial charge in [0.25, 0.3) is 0 Å². The molecule has 4 aromatic heterocycles. The van der Waals surface area contributed by atoms with Crippen LogP contribution in [0.15, 0.2) is 47.2 Å². The van der Waals surface area contributed by atoms with Gasteiger partial charge in [0.2, 0.25) is 0 Å². The number of thiophene rings is 4. The molecule has 6 aromatic rings. The van der Waals surface area contributed by atoms with Crippen LogP contribution in [-0.4, -0.2) is 0 Å². The molecule has 2 aromatic carbocycles. The fourth-order valence-electron chi connectivity index (χ4n) is 3.38. The lowest BCUT2D eigenvalue weighted by molar-refractivity contribution is 1.85. The van der Waals surface area contributed by atoms with Crippen LogP contribution in [0.2, 0.25) is 0 Å². The molecule has 0 spiro atoms. The van der Waals surface area contributed by atoms with Crippen LogP contribution < -0.4 is 0 Å². The number of hydrogen-bond donors (Lipinski definition) is 0. The van der Waals surface area contributed by atoms with Gasteiger partial charge in [0.15, 0.2) is 0 Å². The lowest BCUT2D eigenvalue weighted by Crippen LogP contribution is -1.75. The number of fused-ring (bicyclic) bond motifs is 10. The first-order chi connectivity index (χ1) is 10.9.